The minimum absolute atomic E-state index is 0.459. The third kappa shape index (κ3) is 2.64. The SMILES string of the molecule is C/C(=C/C=N)C(=N)c1ccc(Br)cc1. The molecule has 2 N–H and O–H groups in total. The summed E-state index contributed by atoms with van der Waals surface area (Å²) in [6, 6.07) is 7.57. The van der Waals surface area contributed by atoms with Gasteiger partial charge in [0.25, 0.3) is 0 Å². The van der Waals surface area contributed by atoms with Crippen LogP contribution in [0.25, 0.3) is 0 Å². The van der Waals surface area contributed by atoms with Crippen molar-refractivity contribution in [1.29, 1.82) is 10.8 Å². The van der Waals surface area contributed by atoms with Gasteiger partial charge in [-0.25, -0.2) is 0 Å². The minimum Gasteiger partial charge on any atom is -0.309 e. The third-order valence-corrected chi connectivity index (χ3v) is 2.39. The highest BCUT2D eigenvalue weighted by molar-refractivity contribution is 9.10. The second-order valence-corrected chi connectivity index (χ2v) is 3.81. The van der Waals surface area contributed by atoms with Crippen LogP contribution in [0.3, 0.4) is 0 Å². The Hall–Kier alpha value is -1.22. The molecule has 0 aliphatic heterocycles. The lowest BCUT2D eigenvalue weighted by molar-refractivity contribution is 1.42. The topological polar surface area (TPSA) is 47.7 Å². The summed E-state index contributed by atoms with van der Waals surface area (Å²) in [7, 11) is 0. The van der Waals surface area contributed by atoms with Crippen LogP contribution in [-0.2, 0) is 0 Å². The van der Waals surface area contributed by atoms with Gasteiger partial charge in [0.2, 0.25) is 0 Å². The third-order valence-electron chi connectivity index (χ3n) is 1.86. The monoisotopic (exact) mass is 250 g/mol. The van der Waals surface area contributed by atoms with E-state index in [-0.39, 0.29) is 0 Å². The predicted octanol–water partition coefficient (Wildman–Crippen LogP) is 3.41. The molecule has 0 aromatic heterocycles. The van der Waals surface area contributed by atoms with Gasteiger partial charge in [0, 0.05) is 10.7 Å². The molecule has 14 heavy (non-hydrogen) atoms. The number of halogens is 1. The van der Waals surface area contributed by atoms with Gasteiger partial charge in [0.05, 0.1) is 5.71 Å². The van der Waals surface area contributed by atoms with Gasteiger partial charge < -0.3 is 5.41 Å². The highest BCUT2D eigenvalue weighted by Crippen LogP contribution is 2.13. The van der Waals surface area contributed by atoms with Crippen molar-refractivity contribution in [2.45, 2.75) is 6.92 Å². The maximum atomic E-state index is 7.82. The summed E-state index contributed by atoms with van der Waals surface area (Å²) in [4.78, 5) is 0. The van der Waals surface area contributed by atoms with Crippen LogP contribution in [0.15, 0.2) is 40.4 Å². The lowest BCUT2D eigenvalue weighted by Gasteiger charge is -2.03. The van der Waals surface area contributed by atoms with E-state index in [0.29, 0.717) is 5.71 Å². The molecular formula is C11H11BrN2. The molecule has 0 aliphatic rings. The van der Waals surface area contributed by atoms with E-state index in [4.69, 9.17) is 10.8 Å². The van der Waals surface area contributed by atoms with Crippen LogP contribution in [-0.4, -0.2) is 11.9 Å². The van der Waals surface area contributed by atoms with Crippen LogP contribution in [0.2, 0.25) is 0 Å². The van der Waals surface area contributed by atoms with Crippen LogP contribution < -0.4 is 0 Å². The normalized spacial score (nSPS) is 11.1. The predicted molar refractivity (Wildman–Crippen MR) is 63.5 cm³/mol. The summed E-state index contributed by atoms with van der Waals surface area (Å²) >= 11 is 3.34. The van der Waals surface area contributed by atoms with Crippen molar-refractivity contribution in [3.05, 3.63) is 46.0 Å². The molecular weight excluding hydrogens is 240 g/mol. The molecule has 1 aromatic carbocycles. The standard InChI is InChI=1S/C11H11BrN2/c1-8(6-7-13)11(14)9-2-4-10(12)5-3-9/h2-7,13-14H,1H3/b8-6-,13-7?,14-11?. The van der Waals surface area contributed by atoms with E-state index in [1.54, 1.807) is 6.08 Å². The smallest absolute Gasteiger partial charge is 0.0641 e. The van der Waals surface area contributed by atoms with Gasteiger partial charge in [-0.3, -0.25) is 5.41 Å². The number of hydrogen-bond donors (Lipinski definition) is 2. The fourth-order valence-electron chi connectivity index (χ4n) is 1.05. The molecule has 0 radical (unpaired) electrons. The summed E-state index contributed by atoms with van der Waals surface area (Å²) < 4.78 is 1.00. The molecule has 3 heteroatoms. The number of nitrogens with one attached hydrogen (secondary N) is 2. The lowest BCUT2D eigenvalue weighted by Crippen LogP contribution is -2.00. The second-order valence-electron chi connectivity index (χ2n) is 2.90. The zero-order valence-corrected chi connectivity index (χ0v) is 9.43. The molecule has 1 aromatic rings. The molecule has 1 rings (SSSR count). The minimum atomic E-state index is 0.459. The van der Waals surface area contributed by atoms with Crippen molar-refractivity contribution >= 4 is 27.9 Å². The average molecular weight is 251 g/mol. The largest absolute Gasteiger partial charge is 0.309 e. The first kappa shape index (κ1) is 10.9. The van der Waals surface area contributed by atoms with Crippen molar-refractivity contribution in [3.8, 4) is 0 Å². The fourth-order valence-corrected chi connectivity index (χ4v) is 1.32. The maximum absolute atomic E-state index is 7.82. The van der Waals surface area contributed by atoms with E-state index in [2.05, 4.69) is 15.9 Å². The first-order chi connectivity index (χ1) is 6.65. The number of benzene rings is 1. The highest BCUT2D eigenvalue weighted by Gasteiger charge is 2.02. The molecule has 0 atom stereocenters. The highest BCUT2D eigenvalue weighted by atomic mass is 79.9. The fraction of sp³-hybridized carbons (Fsp3) is 0.0909. The van der Waals surface area contributed by atoms with Crippen LogP contribution in [0, 0.1) is 10.8 Å². The van der Waals surface area contributed by atoms with E-state index in [9.17, 15) is 0 Å². The molecule has 0 amide bonds. The number of hydrogen-bond acceptors (Lipinski definition) is 2. The Morgan fingerprint density at radius 2 is 1.86 bits per heavy atom. The van der Waals surface area contributed by atoms with Crippen LogP contribution in [0.4, 0.5) is 0 Å². The van der Waals surface area contributed by atoms with Crippen molar-refractivity contribution in [2.75, 3.05) is 0 Å². The molecule has 0 bridgehead atoms. The number of allylic oxidation sites excluding steroid dienone is 2. The summed E-state index contributed by atoms with van der Waals surface area (Å²) in [6.07, 6.45) is 2.81. The van der Waals surface area contributed by atoms with Crippen molar-refractivity contribution in [3.63, 3.8) is 0 Å². The van der Waals surface area contributed by atoms with Gasteiger partial charge in [0.1, 0.15) is 0 Å². The van der Waals surface area contributed by atoms with Gasteiger partial charge in [0.15, 0.2) is 0 Å². The van der Waals surface area contributed by atoms with E-state index < -0.39 is 0 Å². The summed E-state index contributed by atoms with van der Waals surface area (Å²) in [6.45, 7) is 1.83. The van der Waals surface area contributed by atoms with E-state index in [1.807, 2.05) is 31.2 Å². The Morgan fingerprint density at radius 1 is 1.29 bits per heavy atom. The molecule has 0 spiro atoms. The van der Waals surface area contributed by atoms with Gasteiger partial charge in [-0.05, 0) is 36.3 Å². The van der Waals surface area contributed by atoms with Crippen molar-refractivity contribution in [1.82, 2.24) is 0 Å². The van der Waals surface area contributed by atoms with Crippen LogP contribution >= 0.6 is 15.9 Å². The molecule has 2 nitrogen and oxygen atoms in total. The molecule has 0 fully saturated rings. The molecule has 0 aliphatic carbocycles. The van der Waals surface area contributed by atoms with Crippen molar-refractivity contribution in [2.24, 2.45) is 0 Å². The molecule has 72 valence electrons. The molecule has 0 unspecified atom stereocenters. The molecule has 0 saturated carbocycles. The summed E-state index contributed by atoms with van der Waals surface area (Å²) in [5, 5.41) is 14.7. The maximum Gasteiger partial charge on any atom is 0.0641 e. The lowest BCUT2D eigenvalue weighted by atomic mass is 10.0. The van der Waals surface area contributed by atoms with E-state index >= 15 is 0 Å². The van der Waals surface area contributed by atoms with Gasteiger partial charge >= 0.3 is 0 Å². The van der Waals surface area contributed by atoms with Crippen molar-refractivity contribution < 1.29 is 0 Å². The van der Waals surface area contributed by atoms with E-state index in [0.717, 1.165) is 15.6 Å². The van der Waals surface area contributed by atoms with Gasteiger partial charge in [-0.15, -0.1) is 0 Å². The Bertz CT molecular complexity index is 377. The quantitative estimate of drug-likeness (QED) is 0.773. The Labute approximate surface area is 91.8 Å². The Morgan fingerprint density at radius 3 is 2.36 bits per heavy atom. The number of rotatable bonds is 3. The molecule has 0 heterocycles. The summed E-state index contributed by atoms with van der Waals surface area (Å²) in [5.74, 6) is 0. The Balaban J connectivity index is 2.95. The van der Waals surface area contributed by atoms with E-state index in [1.165, 1.54) is 6.21 Å². The first-order valence-electron chi connectivity index (χ1n) is 4.17. The second kappa shape index (κ2) is 4.86. The molecule has 0 saturated heterocycles. The Kier molecular flexibility index (Phi) is 3.77. The van der Waals surface area contributed by atoms with Gasteiger partial charge in [-0.1, -0.05) is 28.1 Å². The zero-order chi connectivity index (χ0) is 10.6. The first-order valence-corrected chi connectivity index (χ1v) is 4.96. The zero-order valence-electron chi connectivity index (χ0n) is 7.84. The van der Waals surface area contributed by atoms with Gasteiger partial charge in [-0.2, -0.15) is 0 Å². The van der Waals surface area contributed by atoms with Crippen LogP contribution in [0.5, 0.6) is 0 Å². The van der Waals surface area contributed by atoms with Crippen LogP contribution in [0.1, 0.15) is 12.5 Å². The summed E-state index contributed by atoms with van der Waals surface area (Å²) in [5.41, 5.74) is 2.12. The average Bonchev–Trinajstić information content (AvgIpc) is 2.18.